The van der Waals surface area contributed by atoms with Crippen molar-refractivity contribution in [1.82, 2.24) is 15.3 Å². The number of ether oxygens (including phenoxy) is 1. The Bertz CT molecular complexity index is 950. The highest BCUT2D eigenvalue weighted by Crippen LogP contribution is 2.06. The van der Waals surface area contributed by atoms with Gasteiger partial charge in [-0.2, -0.15) is 0 Å². The molecule has 0 aliphatic rings. The zero-order chi connectivity index (χ0) is 21.2. The number of hydrogen-bond acceptors (Lipinski definition) is 6. The molecule has 0 fully saturated rings. The number of amides is 1. The quantitative estimate of drug-likeness (QED) is 0.153. The van der Waals surface area contributed by atoms with Crippen molar-refractivity contribution in [3.63, 3.8) is 0 Å². The van der Waals surface area contributed by atoms with E-state index in [0.29, 0.717) is 6.42 Å². The van der Waals surface area contributed by atoms with Gasteiger partial charge in [0, 0.05) is 12.6 Å². The molecule has 0 aliphatic heterocycles. The molecule has 1 unspecified atom stereocenters. The monoisotopic (exact) mass is 402 g/mol. The van der Waals surface area contributed by atoms with Crippen molar-refractivity contribution in [2.75, 3.05) is 6.54 Å². The lowest BCUT2D eigenvalue weighted by atomic mass is 10.1. The summed E-state index contributed by atoms with van der Waals surface area (Å²) < 4.78 is 5.27. The minimum atomic E-state index is -1.02. The van der Waals surface area contributed by atoms with Gasteiger partial charge < -0.3 is 26.5 Å². The van der Waals surface area contributed by atoms with Crippen LogP contribution in [0.5, 0.6) is 0 Å². The summed E-state index contributed by atoms with van der Waals surface area (Å²) in [7, 11) is 0. The Morgan fingerprint density at radius 1 is 1.14 bits per heavy atom. The standard InChI is InChI=1S/C18H22N6O5/c19-17(20)21-8-4-7-12(16(27)29-10-11-5-2-1-3-6-11)22-15(26)13-9-14(25)24-18(28)23-13/h1-3,5-6,9,12H,4,7-8,10H2,(H,22,26)(H4,19,20,21)(H2,23,24,25,28). The molecule has 0 saturated carbocycles. The molecule has 0 spiro atoms. The fourth-order valence-corrected chi connectivity index (χ4v) is 2.41. The van der Waals surface area contributed by atoms with Gasteiger partial charge in [0.05, 0.1) is 0 Å². The Labute approximate surface area is 165 Å². The molecule has 1 aromatic carbocycles. The Kier molecular flexibility index (Phi) is 7.71. The van der Waals surface area contributed by atoms with Crippen molar-refractivity contribution in [3.05, 3.63) is 68.5 Å². The van der Waals surface area contributed by atoms with Crippen LogP contribution in [0.3, 0.4) is 0 Å². The van der Waals surface area contributed by atoms with E-state index >= 15 is 0 Å². The van der Waals surface area contributed by atoms with E-state index in [1.165, 1.54) is 0 Å². The molecule has 1 atom stereocenters. The van der Waals surface area contributed by atoms with Gasteiger partial charge in [0.25, 0.3) is 11.5 Å². The number of aromatic nitrogens is 2. The van der Waals surface area contributed by atoms with Crippen molar-refractivity contribution in [2.24, 2.45) is 16.5 Å². The first-order valence-electron chi connectivity index (χ1n) is 8.75. The van der Waals surface area contributed by atoms with Crippen LogP contribution in [-0.2, 0) is 16.1 Å². The molecular formula is C18H22N6O5. The van der Waals surface area contributed by atoms with Gasteiger partial charge in [-0.3, -0.25) is 19.6 Å². The van der Waals surface area contributed by atoms with E-state index in [9.17, 15) is 19.2 Å². The summed E-state index contributed by atoms with van der Waals surface area (Å²) >= 11 is 0. The molecule has 0 aliphatic carbocycles. The summed E-state index contributed by atoms with van der Waals surface area (Å²) in [5, 5.41) is 2.46. The fraction of sp³-hybridized carbons (Fsp3) is 0.278. The lowest BCUT2D eigenvalue weighted by Gasteiger charge is -2.17. The summed E-state index contributed by atoms with van der Waals surface area (Å²) in [6.07, 6.45) is 0.568. The van der Waals surface area contributed by atoms with Crippen LogP contribution in [0.2, 0.25) is 0 Å². The van der Waals surface area contributed by atoms with Crippen molar-refractivity contribution >= 4 is 17.8 Å². The third-order valence-corrected chi connectivity index (χ3v) is 3.76. The number of aliphatic imine (C=N–C) groups is 1. The maximum Gasteiger partial charge on any atom is 0.328 e. The summed E-state index contributed by atoms with van der Waals surface area (Å²) in [6.45, 7) is 0.282. The fourth-order valence-electron chi connectivity index (χ4n) is 2.41. The molecule has 0 bridgehead atoms. The number of esters is 1. The lowest BCUT2D eigenvalue weighted by molar-refractivity contribution is -0.147. The zero-order valence-electron chi connectivity index (χ0n) is 15.5. The van der Waals surface area contributed by atoms with E-state index in [1.807, 2.05) is 11.1 Å². The van der Waals surface area contributed by atoms with Crippen LogP contribution in [0.4, 0.5) is 0 Å². The third kappa shape index (κ3) is 7.33. The molecule has 0 radical (unpaired) electrons. The van der Waals surface area contributed by atoms with Crippen LogP contribution < -0.4 is 28.0 Å². The van der Waals surface area contributed by atoms with Gasteiger partial charge in [0.15, 0.2) is 5.96 Å². The highest BCUT2D eigenvalue weighted by Gasteiger charge is 2.23. The molecule has 154 valence electrons. The van der Waals surface area contributed by atoms with Crippen LogP contribution in [0, 0.1) is 0 Å². The number of carbonyl (C=O) groups excluding carboxylic acids is 2. The molecule has 2 aromatic rings. The second-order valence-electron chi connectivity index (χ2n) is 6.07. The zero-order valence-corrected chi connectivity index (χ0v) is 15.5. The van der Waals surface area contributed by atoms with E-state index in [4.69, 9.17) is 16.2 Å². The molecule has 11 heteroatoms. The molecule has 0 saturated heterocycles. The van der Waals surface area contributed by atoms with Gasteiger partial charge in [-0.1, -0.05) is 30.3 Å². The predicted octanol–water partition coefficient (Wildman–Crippen LogP) is -1.04. The second-order valence-corrected chi connectivity index (χ2v) is 6.07. The average Bonchev–Trinajstić information content (AvgIpc) is 2.68. The van der Waals surface area contributed by atoms with Gasteiger partial charge in [-0.25, -0.2) is 9.59 Å². The van der Waals surface area contributed by atoms with Crippen LogP contribution >= 0.6 is 0 Å². The largest absolute Gasteiger partial charge is 0.459 e. The van der Waals surface area contributed by atoms with Crippen LogP contribution in [-0.4, -0.2) is 40.4 Å². The molecule has 7 N–H and O–H groups in total. The topological polar surface area (TPSA) is 186 Å². The number of nitrogens with two attached hydrogens (primary N) is 2. The van der Waals surface area contributed by atoms with E-state index in [2.05, 4.69) is 15.3 Å². The highest BCUT2D eigenvalue weighted by molar-refractivity contribution is 5.95. The van der Waals surface area contributed by atoms with Crippen molar-refractivity contribution in [3.8, 4) is 0 Å². The van der Waals surface area contributed by atoms with E-state index in [-0.39, 0.29) is 31.2 Å². The Balaban J connectivity index is 2.07. The van der Waals surface area contributed by atoms with Crippen molar-refractivity contribution in [1.29, 1.82) is 0 Å². The number of aromatic amines is 2. The molecule has 1 amide bonds. The van der Waals surface area contributed by atoms with Crippen molar-refractivity contribution < 1.29 is 14.3 Å². The summed E-state index contributed by atoms with van der Waals surface area (Å²) in [5.74, 6) is -1.55. The first-order valence-corrected chi connectivity index (χ1v) is 8.75. The highest BCUT2D eigenvalue weighted by atomic mass is 16.5. The maximum absolute atomic E-state index is 12.5. The van der Waals surface area contributed by atoms with Gasteiger partial charge in [0.2, 0.25) is 0 Å². The molecule has 2 rings (SSSR count). The van der Waals surface area contributed by atoms with Crippen LogP contribution in [0.1, 0.15) is 28.9 Å². The third-order valence-electron chi connectivity index (χ3n) is 3.76. The molecule has 11 nitrogen and oxygen atoms in total. The first kappa shape index (κ1) is 21.4. The van der Waals surface area contributed by atoms with E-state index in [0.717, 1.165) is 11.6 Å². The Morgan fingerprint density at radius 3 is 2.52 bits per heavy atom. The van der Waals surface area contributed by atoms with Crippen LogP contribution in [0.25, 0.3) is 0 Å². The average molecular weight is 402 g/mol. The molecule has 1 heterocycles. The SMILES string of the molecule is NC(N)=NCCCC(NC(=O)c1cc(=O)[nH]c(=O)[nH]1)C(=O)OCc1ccccc1. The van der Waals surface area contributed by atoms with E-state index in [1.54, 1.807) is 24.3 Å². The summed E-state index contributed by atoms with van der Waals surface area (Å²) in [5.41, 5.74) is 9.47. The second kappa shape index (κ2) is 10.4. The normalized spacial score (nSPS) is 11.3. The Hall–Kier alpha value is -3.89. The predicted molar refractivity (Wildman–Crippen MR) is 105 cm³/mol. The smallest absolute Gasteiger partial charge is 0.328 e. The number of nitrogens with zero attached hydrogens (tertiary/aromatic N) is 1. The van der Waals surface area contributed by atoms with E-state index < -0.39 is 29.2 Å². The summed E-state index contributed by atoms with van der Waals surface area (Å²) in [6, 6.07) is 8.93. The minimum Gasteiger partial charge on any atom is -0.459 e. The number of H-pyrrole nitrogens is 2. The number of benzene rings is 1. The lowest BCUT2D eigenvalue weighted by Crippen LogP contribution is -2.43. The maximum atomic E-state index is 12.5. The van der Waals surface area contributed by atoms with Crippen molar-refractivity contribution in [2.45, 2.75) is 25.5 Å². The Morgan fingerprint density at radius 2 is 1.86 bits per heavy atom. The van der Waals surface area contributed by atoms with Crippen LogP contribution in [0.15, 0.2) is 51.0 Å². The minimum absolute atomic E-state index is 0.0295. The molecule has 29 heavy (non-hydrogen) atoms. The summed E-state index contributed by atoms with van der Waals surface area (Å²) in [4.78, 5) is 55.6. The number of carbonyl (C=O) groups is 2. The number of hydrogen-bond donors (Lipinski definition) is 5. The molecular weight excluding hydrogens is 380 g/mol. The van der Waals surface area contributed by atoms with Gasteiger partial charge in [0.1, 0.15) is 18.3 Å². The van der Waals surface area contributed by atoms with Gasteiger partial charge in [-0.15, -0.1) is 0 Å². The number of rotatable bonds is 9. The van der Waals surface area contributed by atoms with Gasteiger partial charge >= 0.3 is 11.7 Å². The molecule has 1 aromatic heterocycles. The first-order chi connectivity index (χ1) is 13.8. The number of nitrogens with one attached hydrogen (secondary N) is 3. The number of guanidine groups is 1. The van der Waals surface area contributed by atoms with Gasteiger partial charge in [-0.05, 0) is 18.4 Å².